The molecule has 1 fully saturated rings. The highest BCUT2D eigenvalue weighted by Gasteiger charge is 2.27. The van der Waals surface area contributed by atoms with Crippen molar-refractivity contribution in [3.63, 3.8) is 0 Å². The highest BCUT2D eigenvalue weighted by atomic mass is 32.1. The van der Waals surface area contributed by atoms with Gasteiger partial charge in [-0.05, 0) is 30.9 Å². The Hall–Kier alpha value is -3.45. The molecule has 0 atom stereocenters. The fraction of sp³-hybridized carbons (Fsp3) is 0.269. The van der Waals surface area contributed by atoms with E-state index in [2.05, 4.69) is 16.9 Å². The van der Waals surface area contributed by atoms with Gasteiger partial charge in [-0.2, -0.15) is 0 Å². The average Bonchev–Trinajstić information content (AvgIpc) is 3.36. The molecule has 2 amide bonds. The highest BCUT2D eigenvalue weighted by molar-refractivity contribution is 7.10. The molecular formula is C26H27N3O3S. The molecule has 7 heteroatoms. The molecular weight excluding hydrogens is 434 g/mol. The first-order valence-corrected chi connectivity index (χ1v) is 12.0. The van der Waals surface area contributed by atoms with Gasteiger partial charge in [-0.25, -0.2) is 9.78 Å². The van der Waals surface area contributed by atoms with Crippen LogP contribution in [-0.4, -0.2) is 41.6 Å². The number of aromatic nitrogens is 1. The predicted octanol–water partition coefficient (Wildman–Crippen LogP) is 5.95. The van der Waals surface area contributed by atoms with Crippen LogP contribution in [-0.2, 0) is 4.74 Å². The maximum absolute atomic E-state index is 12.9. The van der Waals surface area contributed by atoms with Crippen LogP contribution in [0.15, 0.2) is 72.6 Å². The third kappa shape index (κ3) is 5.68. The normalized spacial score (nSPS) is 14.0. The Morgan fingerprint density at radius 2 is 1.85 bits per heavy atom. The number of nitrogens with zero attached hydrogens (tertiary/aromatic N) is 2. The van der Waals surface area contributed by atoms with Gasteiger partial charge in [0.25, 0.3) is 5.91 Å². The number of rotatable bonds is 7. The molecule has 1 saturated heterocycles. The first kappa shape index (κ1) is 22.7. The molecule has 0 aliphatic carbocycles. The summed E-state index contributed by atoms with van der Waals surface area (Å²) < 4.78 is 5.25. The van der Waals surface area contributed by atoms with Crippen LogP contribution in [0.3, 0.4) is 0 Å². The zero-order chi connectivity index (χ0) is 23.0. The third-order valence-electron chi connectivity index (χ3n) is 5.66. The fourth-order valence-corrected chi connectivity index (χ4v) is 4.83. The number of carbonyl (C=O) groups excluding carboxylic acids is 2. The number of nitrogens with one attached hydrogen (secondary N) is 1. The summed E-state index contributed by atoms with van der Waals surface area (Å²) in [5.41, 5.74) is 3.19. The lowest BCUT2D eigenvalue weighted by Crippen LogP contribution is -2.38. The lowest BCUT2D eigenvalue weighted by Gasteiger charge is -2.30. The number of anilines is 1. The highest BCUT2D eigenvalue weighted by Crippen LogP contribution is 2.32. The van der Waals surface area contributed by atoms with Crippen molar-refractivity contribution in [2.24, 2.45) is 0 Å². The van der Waals surface area contributed by atoms with E-state index in [1.54, 1.807) is 11.0 Å². The van der Waals surface area contributed by atoms with Gasteiger partial charge < -0.3 is 15.0 Å². The minimum Gasteiger partial charge on any atom is -0.449 e. The lowest BCUT2D eigenvalue weighted by atomic mass is 9.98. The summed E-state index contributed by atoms with van der Waals surface area (Å²) in [4.78, 5) is 31.4. The van der Waals surface area contributed by atoms with Crippen LogP contribution < -0.4 is 5.32 Å². The van der Waals surface area contributed by atoms with E-state index in [4.69, 9.17) is 4.74 Å². The number of hydrogen-bond acceptors (Lipinski definition) is 5. The van der Waals surface area contributed by atoms with Crippen molar-refractivity contribution in [3.8, 4) is 11.1 Å². The summed E-state index contributed by atoms with van der Waals surface area (Å²) in [6, 6.07) is 17.7. The maximum Gasteiger partial charge on any atom is 0.409 e. The number of para-hydroxylation sites is 1. The van der Waals surface area contributed by atoms with Gasteiger partial charge in [-0.3, -0.25) is 4.79 Å². The van der Waals surface area contributed by atoms with E-state index in [-0.39, 0.29) is 17.9 Å². The van der Waals surface area contributed by atoms with Gasteiger partial charge in [0.2, 0.25) is 0 Å². The van der Waals surface area contributed by atoms with Gasteiger partial charge in [0, 0.05) is 35.6 Å². The van der Waals surface area contributed by atoms with Crippen LogP contribution >= 0.6 is 11.3 Å². The Bertz CT molecular complexity index is 1100. The second-order valence-electron chi connectivity index (χ2n) is 7.89. The van der Waals surface area contributed by atoms with Crippen molar-refractivity contribution in [1.82, 2.24) is 9.88 Å². The Kier molecular flexibility index (Phi) is 7.52. The van der Waals surface area contributed by atoms with E-state index >= 15 is 0 Å². The van der Waals surface area contributed by atoms with Crippen LogP contribution in [0, 0.1) is 0 Å². The van der Waals surface area contributed by atoms with Gasteiger partial charge in [0.15, 0.2) is 0 Å². The van der Waals surface area contributed by atoms with E-state index in [1.165, 1.54) is 11.3 Å². The van der Waals surface area contributed by atoms with E-state index in [0.29, 0.717) is 31.8 Å². The van der Waals surface area contributed by atoms with Crippen molar-refractivity contribution in [2.45, 2.75) is 25.2 Å². The van der Waals surface area contributed by atoms with Gasteiger partial charge in [-0.1, -0.05) is 54.6 Å². The summed E-state index contributed by atoms with van der Waals surface area (Å²) in [5.74, 6) is 0.0227. The number of hydrogen-bond donors (Lipinski definition) is 1. The minimum atomic E-state index is -0.272. The molecule has 1 aromatic heterocycles. The average molecular weight is 462 g/mol. The molecule has 0 radical (unpaired) electrons. The number of piperidine rings is 1. The number of ether oxygens (including phenoxy) is 1. The zero-order valence-electron chi connectivity index (χ0n) is 18.4. The molecule has 1 aliphatic rings. The monoisotopic (exact) mass is 461 g/mol. The first-order valence-electron chi connectivity index (χ1n) is 11.1. The zero-order valence-corrected chi connectivity index (χ0v) is 19.2. The van der Waals surface area contributed by atoms with Gasteiger partial charge in [-0.15, -0.1) is 17.9 Å². The number of thiazole rings is 1. The number of benzene rings is 2. The smallest absolute Gasteiger partial charge is 0.409 e. The Labute approximate surface area is 197 Å². The quantitative estimate of drug-likeness (QED) is 0.348. The number of amides is 2. The largest absolute Gasteiger partial charge is 0.449 e. The topological polar surface area (TPSA) is 71.5 Å². The molecule has 4 rings (SSSR count). The molecule has 1 aliphatic heterocycles. The second kappa shape index (κ2) is 10.9. The molecule has 6 nitrogen and oxygen atoms in total. The van der Waals surface area contributed by atoms with E-state index in [9.17, 15) is 9.59 Å². The molecule has 3 aromatic rings. The minimum absolute atomic E-state index is 0.218. The van der Waals surface area contributed by atoms with E-state index in [1.807, 2.05) is 60.0 Å². The summed E-state index contributed by atoms with van der Waals surface area (Å²) in [6.07, 6.45) is 3.73. The first-order chi connectivity index (χ1) is 16.2. The molecule has 0 unspecified atom stereocenters. The molecule has 33 heavy (non-hydrogen) atoms. The summed E-state index contributed by atoms with van der Waals surface area (Å²) in [6.45, 7) is 5.25. The van der Waals surface area contributed by atoms with Crippen molar-refractivity contribution < 1.29 is 14.3 Å². The van der Waals surface area contributed by atoms with Crippen LogP contribution in [0.4, 0.5) is 10.5 Å². The third-order valence-corrected chi connectivity index (χ3v) is 6.67. The molecule has 0 bridgehead atoms. The molecule has 0 saturated carbocycles. The molecule has 170 valence electrons. The van der Waals surface area contributed by atoms with Crippen molar-refractivity contribution in [3.05, 3.63) is 83.3 Å². The van der Waals surface area contributed by atoms with Crippen molar-refractivity contribution in [1.29, 1.82) is 0 Å². The summed E-state index contributed by atoms with van der Waals surface area (Å²) in [7, 11) is 0. The van der Waals surface area contributed by atoms with Crippen LogP contribution in [0.1, 0.15) is 40.7 Å². The van der Waals surface area contributed by atoms with Crippen molar-refractivity contribution >= 4 is 29.0 Å². The molecule has 2 aromatic carbocycles. The maximum atomic E-state index is 12.9. The Morgan fingerprint density at radius 1 is 1.12 bits per heavy atom. The Balaban J connectivity index is 1.36. The van der Waals surface area contributed by atoms with Gasteiger partial charge in [0.05, 0.1) is 11.6 Å². The lowest BCUT2D eigenvalue weighted by molar-refractivity contribution is 0.0941. The molecule has 1 N–H and O–H groups in total. The van der Waals surface area contributed by atoms with E-state index in [0.717, 1.165) is 34.7 Å². The van der Waals surface area contributed by atoms with Crippen molar-refractivity contribution in [2.75, 3.05) is 25.0 Å². The van der Waals surface area contributed by atoms with Crippen LogP contribution in [0.5, 0.6) is 0 Å². The van der Waals surface area contributed by atoms with Gasteiger partial charge >= 0.3 is 6.09 Å². The SMILES string of the molecule is C=CCCOC(=O)N1CCC(c2nc(C(=O)Nc3ccccc3-c3ccccc3)cs2)CC1. The molecule has 0 spiro atoms. The van der Waals surface area contributed by atoms with Crippen LogP contribution in [0.2, 0.25) is 0 Å². The summed E-state index contributed by atoms with van der Waals surface area (Å²) >= 11 is 1.50. The van der Waals surface area contributed by atoms with E-state index < -0.39 is 0 Å². The second-order valence-corrected chi connectivity index (χ2v) is 8.78. The number of likely N-dealkylation sites (tertiary alicyclic amines) is 1. The predicted molar refractivity (Wildman–Crippen MR) is 132 cm³/mol. The number of carbonyl (C=O) groups is 2. The standard InChI is InChI=1S/C26H27N3O3S/c1-2-3-17-32-26(31)29-15-13-20(14-16-29)25-28-23(18-33-25)24(30)27-22-12-8-7-11-21(22)19-9-5-4-6-10-19/h2,4-12,18,20H,1,3,13-17H2,(H,27,30). The fourth-order valence-electron chi connectivity index (χ4n) is 3.86. The van der Waals surface area contributed by atoms with Crippen LogP contribution in [0.25, 0.3) is 11.1 Å². The summed E-state index contributed by atoms with van der Waals surface area (Å²) in [5, 5.41) is 5.77. The molecule has 2 heterocycles. The van der Waals surface area contributed by atoms with Gasteiger partial charge in [0.1, 0.15) is 5.69 Å². The Morgan fingerprint density at radius 3 is 2.61 bits per heavy atom.